The third kappa shape index (κ3) is 7.62. The zero-order valence-electron chi connectivity index (χ0n) is 22.7. The number of rotatable bonds is 6. The lowest BCUT2D eigenvalue weighted by Gasteiger charge is -2.34. The second-order valence-electron chi connectivity index (χ2n) is 11.2. The number of aliphatic imine (C=N–C) groups is 1. The first kappa shape index (κ1) is 29.1. The number of carbonyl (C=O) groups is 2. The first-order chi connectivity index (χ1) is 18.5. The number of aliphatic hydroxyl groups excluding tert-OH is 1. The van der Waals surface area contributed by atoms with Crippen molar-refractivity contribution in [3.8, 4) is 0 Å². The number of urea groups is 1. The molecule has 2 aromatic rings. The molecule has 39 heavy (non-hydrogen) atoms. The van der Waals surface area contributed by atoms with Crippen molar-refractivity contribution < 1.29 is 14.7 Å². The molecule has 9 heteroatoms. The summed E-state index contributed by atoms with van der Waals surface area (Å²) in [4.78, 5) is 33.8. The highest BCUT2D eigenvalue weighted by Crippen LogP contribution is 2.34. The number of anilines is 1. The minimum absolute atomic E-state index is 0.0196. The zero-order chi connectivity index (χ0) is 28.2. The Morgan fingerprint density at radius 2 is 1.74 bits per heavy atom. The molecule has 2 amide bonds. The van der Waals surface area contributed by atoms with Crippen LogP contribution in [0.3, 0.4) is 0 Å². The third-order valence-electron chi connectivity index (χ3n) is 7.33. The monoisotopic (exact) mass is 570 g/mol. The molecular formula is C30H36Cl2N4O3. The summed E-state index contributed by atoms with van der Waals surface area (Å²) < 4.78 is 0. The summed E-state index contributed by atoms with van der Waals surface area (Å²) in [6.07, 6.45) is 2.33. The minimum atomic E-state index is -0.173. The molecule has 208 valence electrons. The van der Waals surface area contributed by atoms with Crippen LogP contribution in [-0.4, -0.2) is 72.2 Å². The molecule has 1 aliphatic carbocycles. The van der Waals surface area contributed by atoms with Gasteiger partial charge < -0.3 is 15.3 Å². The SMILES string of the molecule is CC(C)(C)c1ccc(C2CC(=O)C(C=NCCN3CCN(C(=O)Nc4ccc(Cl)c(Cl)c4)CC3)=C(O)C2)cc1. The van der Waals surface area contributed by atoms with E-state index in [0.717, 1.165) is 18.7 Å². The van der Waals surface area contributed by atoms with Crippen LogP contribution >= 0.6 is 23.2 Å². The summed E-state index contributed by atoms with van der Waals surface area (Å²) in [5.41, 5.74) is 3.31. The lowest BCUT2D eigenvalue weighted by atomic mass is 9.81. The molecular weight excluding hydrogens is 535 g/mol. The van der Waals surface area contributed by atoms with Crippen molar-refractivity contribution in [2.75, 3.05) is 44.6 Å². The second kappa shape index (κ2) is 12.5. The van der Waals surface area contributed by atoms with Crippen LogP contribution in [0.1, 0.15) is 50.7 Å². The number of piperazine rings is 1. The molecule has 2 N–H and O–H groups in total. The van der Waals surface area contributed by atoms with E-state index in [1.54, 1.807) is 23.1 Å². The van der Waals surface area contributed by atoms with E-state index in [-0.39, 0.29) is 28.9 Å². The van der Waals surface area contributed by atoms with Crippen LogP contribution in [-0.2, 0) is 10.2 Å². The van der Waals surface area contributed by atoms with Crippen LogP contribution in [0.2, 0.25) is 10.0 Å². The normalized spacial score (nSPS) is 19.2. The Morgan fingerprint density at radius 1 is 1.05 bits per heavy atom. The van der Waals surface area contributed by atoms with E-state index in [0.29, 0.717) is 60.3 Å². The van der Waals surface area contributed by atoms with Crippen molar-refractivity contribution in [3.05, 3.63) is 75.0 Å². The standard InChI is InChI=1S/C30H36Cl2N4O3/c1-30(2,3)22-6-4-20(5-7-22)21-16-27(37)24(28(38)17-21)19-33-10-11-35-12-14-36(15-13-35)29(39)34-23-8-9-25(31)26(32)18-23/h4-9,18-19,21,37H,10-17H2,1-3H3,(H,34,39). The Labute approximate surface area is 240 Å². The predicted octanol–water partition coefficient (Wildman–Crippen LogP) is 6.47. The van der Waals surface area contributed by atoms with Crippen molar-refractivity contribution in [1.82, 2.24) is 9.80 Å². The lowest BCUT2D eigenvalue weighted by molar-refractivity contribution is -0.116. The van der Waals surface area contributed by atoms with Gasteiger partial charge >= 0.3 is 6.03 Å². The highest BCUT2D eigenvalue weighted by Gasteiger charge is 2.28. The fourth-order valence-corrected chi connectivity index (χ4v) is 5.15. The summed E-state index contributed by atoms with van der Waals surface area (Å²) in [6, 6.07) is 13.2. The van der Waals surface area contributed by atoms with Crippen LogP contribution in [0.5, 0.6) is 0 Å². The number of hydrogen-bond acceptors (Lipinski definition) is 5. The average molecular weight is 572 g/mol. The molecule has 1 unspecified atom stereocenters. The van der Waals surface area contributed by atoms with Gasteiger partial charge in [-0.1, -0.05) is 68.2 Å². The Morgan fingerprint density at radius 3 is 2.36 bits per heavy atom. The number of carbonyl (C=O) groups excluding carboxylic acids is 2. The van der Waals surface area contributed by atoms with Gasteiger partial charge in [0, 0.05) is 57.5 Å². The number of nitrogens with one attached hydrogen (secondary N) is 1. The van der Waals surface area contributed by atoms with Gasteiger partial charge in [0.05, 0.1) is 22.2 Å². The number of ketones is 1. The number of amides is 2. The minimum Gasteiger partial charge on any atom is -0.511 e. The Balaban J connectivity index is 1.22. The smallest absolute Gasteiger partial charge is 0.321 e. The largest absolute Gasteiger partial charge is 0.511 e. The number of aliphatic hydroxyl groups is 1. The van der Waals surface area contributed by atoms with Crippen molar-refractivity contribution >= 4 is 46.9 Å². The highest BCUT2D eigenvalue weighted by molar-refractivity contribution is 6.42. The molecule has 0 spiro atoms. The average Bonchev–Trinajstić information content (AvgIpc) is 2.89. The number of Topliss-reactive ketones (excluding diaryl/α,β-unsaturated/α-hetero) is 1. The Bertz CT molecular complexity index is 1260. The first-order valence-electron chi connectivity index (χ1n) is 13.3. The van der Waals surface area contributed by atoms with E-state index in [1.807, 2.05) is 0 Å². The van der Waals surface area contributed by atoms with Gasteiger partial charge in [-0.2, -0.15) is 0 Å². The first-order valence-corrected chi connectivity index (χ1v) is 14.1. The summed E-state index contributed by atoms with van der Waals surface area (Å²) >= 11 is 12.0. The molecule has 0 radical (unpaired) electrons. The molecule has 0 bridgehead atoms. The van der Waals surface area contributed by atoms with E-state index in [4.69, 9.17) is 23.2 Å². The van der Waals surface area contributed by atoms with E-state index >= 15 is 0 Å². The molecule has 4 rings (SSSR count). The van der Waals surface area contributed by atoms with Crippen molar-refractivity contribution in [2.45, 2.75) is 44.9 Å². The van der Waals surface area contributed by atoms with Gasteiger partial charge in [-0.3, -0.25) is 14.7 Å². The number of hydrogen-bond donors (Lipinski definition) is 2. The summed E-state index contributed by atoms with van der Waals surface area (Å²) in [5.74, 6) is 0.0179. The lowest BCUT2D eigenvalue weighted by Crippen LogP contribution is -2.50. The Kier molecular flexibility index (Phi) is 9.36. The van der Waals surface area contributed by atoms with Crippen molar-refractivity contribution in [1.29, 1.82) is 0 Å². The molecule has 2 aliphatic rings. The summed E-state index contributed by atoms with van der Waals surface area (Å²) in [7, 11) is 0. The Hall–Kier alpha value is -2.87. The topological polar surface area (TPSA) is 85.2 Å². The maximum Gasteiger partial charge on any atom is 0.321 e. The molecule has 1 atom stereocenters. The van der Waals surface area contributed by atoms with Gasteiger partial charge in [-0.15, -0.1) is 0 Å². The van der Waals surface area contributed by atoms with Crippen LogP contribution < -0.4 is 5.32 Å². The van der Waals surface area contributed by atoms with Gasteiger partial charge in [-0.05, 0) is 40.7 Å². The molecule has 1 heterocycles. The molecule has 1 aliphatic heterocycles. The molecule has 1 saturated heterocycles. The summed E-state index contributed by atoms with van der Waals surface area (Å²) in [6.45, 7) is 10.4. The quantitative estimate of drug-likeness (QED) is 0.390. The number of halogens is 2. The van der Waals surface area contributed by atoms with Crippen molar-refractivity contribution in [3.63, 3.8) is 0 Å². The summed E-state index contributed by atoms with van der Waals surface area (Å²) in [5, 5.41) is 14.3. The van der Waals surface area contributed by atoms with Gasteiger partial charge in [0.25, 0.3) is 0 Å². The molecule has 2 aromatic carbocycles. The van der Waals surface area contributed by atoms with Crippen LogP contribution in [0.25, 0.3) is 0 Å². The van der Waals surface area contributed by atoms with Gasteiger partial charge in [0.1, 0.15) is 5.76 Å². The van der Waals surface area contributed by atoms with Crippen LogP contribution in [0, 0.1) is 0 Å². The fraction of sp³-hybridized carbons (Fsp3) is 0.433. The maximum absolute atomic E-state index is 12.8. The van der Waals surface area contributed by atoms with Gasteiger partial charge in [-0.25, -0.2) is 4.79 Å². The predicted molar refractivity (Wildman–Crippen MR) is 159 cm³/mol. The van der Waals surface area contributed by atoms with E-state index in [2.05, 4.69) is 60.2 Å². The fourth-order valence-electron chi connectivity index (χ4n) is 4.85. The zero-order valence-corrected chi connectivity index (χ0v) is 24.2. The second-order valence-corrected chi connectivity index (χ2v) is 12.0. The van der Waals surface area contributed by atoms with Crippen LogP contribution in [0.4, 0.5) is 10.5 Å². The number of nitrogens with zero attached hydrogens (tertiary/aromatic N) is 3. The van der Waals surface area contributed by atoms with E-state index < -0.39 is 0 Å². The van der Waals surface area contributed by atoms with E-state index in [1.165, 1.54) is 11.8 Å². The number of benzene rings is 2. The van der Waals surface area contributed by atoms with Crippen molar-refractivity contribution in [2.24, 2.45) is 4.99 Å². The molecule has 0 aromatic heterocycles. The van der Waals surface area contributed by atoms with E-state index in [9.17, 15) is 14.7 Å². The molecule has 7 nitrogen and oxygen atoms in total. The van der Waals surface area contributed by atoms with Gasteiger partial charge in [0.2, 0.25) is 0 Å². The third-order valence-corrected chi connectivity index (χ3v) is 8.07. The number of allylic oxidation sites excluding steroid dienone is 2. The van der Waals surface area contributed by atoms with Gasteiger partial charge in [0.15, 0.2) is 5.78 Å². The molecule has 0 saturated carbocycles. The maximum atomic E-state index is 12.8. The highest BCUT2D eigenvalue weighted by atomic mass is 35.5. The van der Waals surface area contributed by atoms with Crippen LogP contribution in [0.15, 0.2) is 58.8 Å². The molecule has 1 fully saturated rings.